The summed E-state index contributed by atoms with van der Waals surface area (Å²) in [6.07, 6.45) is 50.5. The van der Waals surface area contributed by atoms with Crippen LogP contribution in [0.2, 0.25) is 0 Å². The fourth-order valence-electron chi connectivity index (χ4n) is 5.88. The van der Waals surface area contributed by atoms with Crippen LogP contribution in [-0.4, -0.2) is 25.0 Å². The number of nitroso groups, excluding NO2 is 1. The fourth-order valence-corrected chi connectivity index (χ4v) is 5.88. The molecule has 0 aromatic carbocycles. The number of unbranched alkanes of at least 4 members (excludes halogenated alkanes) is 16. The van der Waals surface area contributed by atoms with Crippen LogP contribution < -0.4 is 0 Å². The molecule has 0 amide bonds. The quantitative estimate of drug-likeness (QED) is 0.0431. The van der Waals surface area contributed by atoms with Crippen molar-refractivity contribution in [2.45, 2.75) is 199 Å². The van der Waals surface area contributed by atoms with E-state index in [0.717, 1.165) is 38.5 Å². The highest BCUT2D eigenvalue weighted by molar-refractivity contribution is 4.93. The number of ether oxygens (including phenoxy) is 2. The third kappa shape index (κ3) is 25.8. The molecule has 254 valence electrons. The van der Waals surface area contributed by atoms with Crippen molar-refractivity contribution in [2.24, 2.45) is 5.18 Å². The minimum absolute atomic E-state index is 0.150. The summed E-state index contributed by atoms with van der Waals surface area (Å²) in [5.74, 6) is 0. The van der Waals surface area contributed by atoms with Gasteiger partial charge < -0.3 is 9.47 Å². The zero-order valence-corrected chi connectivity index (χ0v) is 29.1. The summed E-state index contributed by atoms with van der Waals surface area (Å²) in [5, 5.41) is 3.00. The molecule has 0 radical (unpaired) electrons. The molecule has 1 aliphatic heterocycles. The van der Waals surface area contributed by atoms with Gasteiger partial charge in [-0.25, -0.2) is 0 Å². The summed E-state index contributed by atoms with van der Waals surface area (Å²) >= 11 is 0. The number of hydrogen-bond acceptors (Lipinski definition) is 4. The van der Waals surface area contributed by atoms with Gasteiger partial charge in [0.2, 0.25) is 0 Å². The van der Waals surface area contributed by atoms with Gasteiger partial charge in [-0.3, -0.25) is 0 Å². The molecule has 1 rings (SSSR count). The molecule has 0 N–H and O–H groups in total. The topological polar surface area (TPSA) is 47.9 Å². The number of nitrogens with zero attached hydrogens (tertiary/aromatic N) is 1. The average molecular weight is 614 g/mol. The molecule has 0 spiro atoms. The van der Waals surface area contributed by atoms with Gasteiger partial charge in [-0.2, -0.15) is 4.91 Å². The van der Waals surface area contributed by atoms with Crippen molar-refractivity contribution < 1.29 is 9.47 Å². The molecule has 0 aromatic heterocycles. The standard InChI is InChI=1S/C40H71NO3/c1-3-5-7-9-11-13-15-17-19-21-23-25-27-29-31-34-38-39(44-40(43-38)36-33-37-41-42)35-32-30-28-26-24-22-20-18-16-14-12-10-8-6-4-2/h11-14,17-20,38-40H,3-10,15-16,21-37H2,1-2H3/b13-11-,14-12-,19-17-,20-18-. The molecular formula is C40H71NO3. The normalized spacial score (nSPS) is 19.1. The van der Waals surface area contributed by atoms with Crippen molar-refractivity contribution in [3.05, 3.63) is 53.5 Å². The molecule has 1 fully saturated rings. The second-order valence-electron chi connectivity index (χ2n) is 12.8. The monoisotopic (exact) mass is 614 g/mol. The van der Waals surface area contributed by atoms with Crippen molar-refractivity contribution in [2.75, 3.05) is 6.54 Å². The second-order valence-corrected chi connectivity index (χ2v) is 12.8. The highest BCUT2D eigenvalue weighted by atomic mass is 16.7. The summed E-state index contributed by atoms with van der Waals surface area (Å²) in [6.45, 7) is 4.87. The van der Waals surface area contributed by atoms with E-state index in [1.54, 1.807) is 0 Å². The maximum absolute atomic E-state index is 10.5. The molecule has 44 heavy (non-hydrogen) atoms. The van der Waals surface area contributed by atoms with Crippen LogP contribution >= 0.6 is 0 Å². The van der Waals surface area contributed by atoms with E-state index in [1.807, 2.05) is 0 Å². The van der Waals surface area contributed by atoms with E-state index in [9.17, 15) is 4.91 Å². The first-order valence-corrected chi connectivity index (χ1v) is 19.0. The van der Waals surface area contributed by atoms with Crippen molar-refractivity contribution in [1.29, 1.82) is 0 Å². The van der Waals surface area contributed by atoms with Crippen LogP contribution in [0.5, 0.6) is 0 Å². The third-order valence-electron chi connectivity index (χ3n) is 8.64. The Labute approximate surface area is 273 Å². The van der Waals surface area contributed by atoms with Gasteiger partial charge in [0.15, 0.2) is 6.29 Å². The van der Waals surface area contributed by atoms with Crippen LogP contribution in [0, 0.1) is 4.91 Å². The lowest BCUT2D eigenvalue weighted by Gasteiger charge is -2.16. The third-order valence-corrected chi connectivity index (χ3v) is 8.64. The number of hydrogen-bond donors (Lipinski definition) is 0. The van der Waals surface area contributed by atoms with Gasteiger partial charge in [-0.05, 0) is 83.5 Å². The molecule has 0 saturated carbocycles. The lowest BCUT2D eigenvalue weighted by molar-refractivity contribution is -0.0723. The average Bonchev–Trinajstić information content (AvgIpc) is 3.42. The Morgan fingerprint density at radius 3 is 1.25 bits per heavy atom. The number of rotatable bonds is 32. The minimum Gasteiger partial charge on any atom is -0.347 e. The van der Waals surface area contributed by atoms with Crippen LogP contribution in [-0.2, 0) is 9.47 Å². The fraction of sp³-hybridized carbons (Fsp3) is 0.800. The first-order chi connectivity index (χ1) is 21.8. The molecular weight excluding hydrogens is 542 g/mol. The smallest absolute Gasteiger partial charge is 0.158 e. The molecule has 0 aromatic rings. The van der Waals surface area contributed by atoms with E-state index in [2.05, 4.69) is 67.6 Å². The molecule has 2 unspecified atom stereocenters. The van der Waals surface area contributed by atoms with E-state index in [0.29, 0.717) is 6.54 Å². The summed E-state index contributed by atoms with van der Waals surface area (Å²) in [7, 11) is 0. The number of allylic oxidation sites excluding steroid dienone is 8. The lowest BCUT2D eigenvalue weighted by Crippen LogP contribution is -2.22. The molecule has 1 heterocycles. The van der Waals surface area contributed by atoms with Gasteiger partial charge in [0.25, 0.3) is 0 Å². The van der Waals surface area contributed by atoms with Crippen LogP contribution in [0.3, 0.4) is 0 Å². The van der Waals surface area contributed by atoms with Gasteiger partial charge >= 0.3 is 0 Å². The summed E-state index contributed by atoms with van der Waals surface area (Å²) < 4.78 is 12.6. The highest BCUT2D eigenvalue weighted by Gasteiger charge is 2.34. The lowest BCUT2D eigenvalue weighted by atomic mass is 9.99. The largest absolute Gasteiger partial charge is 0.347 e. The van der Waals surface area contributed by atoms with Crippen molar-refractivity contribution in [3.8, 4) is 0 Å². The molecule has 4 heteroatoms. The highest BCUT2D eigenvalue weighted by Crippen LogP contribution is 2.30. The van der Waals surface area contributed by atoms with E-state index >= 15 is 0 Å². The van der Waals surface area contributed by atoms with Crippen LogP contribution in [0.15, 0.2) is 53.8 Å². The zero-order valence-electron chi connectivity index (χ0n) is 29.1. The van der Waals surface area contributed by atoms with Crippen molar-refractivity contribution >= 4 is 0 Å². The molecule has 0 aliphatic carbocycles. The molecule has 1 saturated heterocycles. The van der Waals surface area contributed by atoms with E-state index in [-0.39, 0.29) is 18.5 Å². The first kappa shape index (κ1) is 40.5. The van der Waals surface area contributed by atoms with Gasteiger partial charge in [0.1, 0.15) is 0 Å². The predicted octanol–water partition coefficient (Wildman–Crippen LogP) is 13.3. The predicted molar refractivity (Wildman–Crippen MR) is 192 cm³/mol. The Hall–Kier alpha value is -1.52. The maximum Gasteiger partial charge on any atom is 0.158 e. The first-order valence-electron chi connectivity index (χ1n) is 19.0. The van der Waals surface area contributed by atoms with Crippen LogP contribution in [0.1, 0.15) is 181 Å². The van der Waals surface area contributed by atoms with Gasteiger partial charge in [0, 0.05) is 6.42 Å². The Morgan fingerprint density at radius 1 is 0.455 bits per heavy atom. The Kier molecular flexibility index (Phi) is 30.2. The van der Waals surface area contributed by atoms with Gasteiger partial charge in [0.05, 0.1) is 18.8 Å². The Balaban J connectivity index is 2.12. The van der Waals surface area contributed by atoms with Gasteiger partial charge in [-0.1, -0.05) is 145 Å². The minimum atomic E-state index is -0.150. The summed E-state index contributed by atoms with van der Waals surface area (Å²) in [6, 6.07) is 0. The van der Waals surface area contributed by atoms with Crippen LogP contribution in [0.25, 0.3) is 0 Å². The van der Waals surface area contributed by atoms with E-state index in [4.69, 9.17) is 9.47 Å². The Bertz CT molecular complexity index is 674. The zero-order chi connectivity index (χ0) is 31.6. The van der Waals surface area contributed by atoms with E-state index in [1.165, 1.54) is 128 Å². The molecule has 4 nitrogen and oxygen atoms in total. The molecule has 2 atom stereocenters. The van der Waals surface area contributed by atoms with Crippen molar-refractivity contribution in [3.63, 3.8) is 0 Å². The van der Waals surface area contributed by atoms with Gasteiger partial charge in [-0.15, -0.1) is 0 Å². The van der Waals surface area contributed by atoms with Crippen LogP contribution in [0.4, 0.5) is 0 Å². The van der Waals surface area contributed by atoms with Crippen molar-refractivity contribution in [1.82, 2.24) is 0 Å². The SMILES string of the molecule is CCCCC/C=C\C/C=C\CCCCCCCC1OC(CCCN=O)OC1CCCCCCC/C=C\C/C=C\CCCCC. The van der Waals surface area contributed by atoms with E-state index < -0.39 is 0 Å². The maximum atomic E-state index is 10.5. The molecule has 1 aliphatic rings. The summed E-state index contributed by atoms with van der Waals surface area (Å²) in [5.41, 5.74) is 0. The summed E-state index contributed by atoms with van der Waals surface area (Å²) in [4.78, 5) is 10.5. The molecule has 0 bridgehead atoms. The second kappa shape index (κ2) is 32.9. The Morgan fingerprint density at radius 2 is 0.841 bits per heavy atom.